The first kappa shape index (κ1) is 56.6. The van der Waals surface area contributed by atoms with Gasteiger partial charge in [-0.2, -0.15) is 0 Å². The Kier molecular flexibility index (Phi) is 22.1. The van der Waals surface area contributed by atoms with Crippen molar-refractivity contribution in [1.29, 1.82) is 0 Å². The van der Waals surface area contributed by atoms with E-state index in [9.17, 15) is 43.2 Å². The van der Waals surface area contributed by atoms with Gasteiger partial charge in [-0.15, -0.1) is 0 Å². The molecule has 0 unspecified atom stereocenters. The number of rotatable bonds is 25. The number of carbonyl (C=O) groups is 9. The average molecular weight is 1040 g/mol. The summed E-state index contributed by atoms with van der Waals surface area (Å²) in [6, 6.07) is 0.490. The molecule has 1 aliphatic carbocycles. The largest absolute Gasteiger partial charge is 0.370 e. The summed E-state index contributed by atoms with van der Waals surface area (Å²) >= 11 is 0. The lowest BCUT2D eigenvalue weighted by molar-refractivity contribution is -0.140. The third kappa shape index (κ3) is 17.2. The first-order valence-corrected chi connectivity index (χ1v) is 26.9. The molecule has 4 aliphatic rings. The van der Waals surface area contributed by atoms with Gasteiger partial charge in [0.05, 0.1) is 0 Å². The molecule has 72 heavy (non-hydrogen) atoms. The number of aliphatic imine (C=N–C) groups is 2. The minimum absolute atomic E-state index is 0.000845. The van der Waals surface area contributed by atoms with Crippen LogP contribution in [0.5, 0.6) is 0 Å². The van der Waals surface area contributed by atoms with Gasteiger partial charge in [0.15, 0.2) is 11.9 Å². The monoisotopic (exact) mass is 1040 g/mol. The van der Waals surface area contributed by atoms with E-state index in [1.54, 1.807) is 30.3 Å². The molecule has 3 aliphatic heterocycles. The van der Waals surface area contributed by atoms with E-state index < -0.39 is 89.6 Å². The van der Waals surface area contributed by atoms with Crippen molar-refractivity contribution in [2.75, 3.05) is 31.9 Å². The second kappa shape index (κ2) is 28.1. The van der Waals surface area contributed by atoms with E-state index in [-0.39, 0.29) is 92.8 Å². The van der Waals surface area contributed by atoms with E-state index in [1.807, 2.05) is 0 Å². The number of nitrogens with zero attached hydrogens (tertiary/aromatic N) is 4. The molecule has 2 bridgehead atoms. The molecule has 24 nitrogen and oxygen atoms in total. The Hall–Kier alpha value is -6.31. The second-order valence-electron chi connectivity index (χ2n) is 18.6. The number of hydrogen-bond donors (Lipinski definition) is 11. The van der Waals surface area contributed by atoms with Crippen molar-refractivity contribution in [2.24, 2.45) is 50.3 Å². The zero-order chi connectivity index (χ0) is 52.3. The standard InChI is InChI=1S/C46H71N15O9S2/c47-36(62)18-17-31(40(66)58-32(22-26-10-3-1-4-11-26)41(67)59-33-25-71-72-28-23-35(37(48)63)61(24-28)44(33)70)56-38(64)29(14-7-19-53-45(49)50)55-39(65)30(15-8-20-54-46(51)52)57-42(68)34-16-9-21-60(34)43(69)27-12-5-2-6-13-27/h2,5-6,12-13,26,28-35H,1,3-4,7-11,14-25H2,(H2,47,62)(H2,48,63)(H,55,65)(H,56,64)(H,57,68)(H,58,66)(H,59,67)(H4,49,50,53)(H4,51,52,54)/t28-,29+,30+,31-,32-,33-,34-,35-/m0/s1. The summed E-state index contributed by atoms with van der Waals surface area (Å²) in [5, 5.41) is 13.8. The van der Waals surface area contributed by atoms with Crippen LogP contribution in [0.15, 0.2) is 40.3 Å². The Morgan fingerprint density at radius 2 is 1.26 bits per heavy atom. The van der Waals surface area contributed by atoms with E-state index in [2.05, 4.69) is 36.6 Å². The van der Waals surface area contributed by atoms with Gasteiger partial charge in [-0.05, 0) is 75.8 Å². The van der Waals surface area contributed by atoms with Crippen LogP contribution in [0.1, 0.15) is 107 Å². The van der Waals surface area contributed by atoms with Crippen molar-refractivity contribution in [2.45, 2.75) is 144 Å². The Morgan fingerprint density at radius 3 is 1.85 bits per heavy atom. The molecule has 5 rings (SSSR count). The number of nitrogens with two attached hydrogens (primary N) is 6. The van der Waals surface area contributed by atoms with Crippen LogP contribution >= 0.6 is 21.6 Å². The number of primary amides is 2. The lowest BCUT2D eigenvalue weighted by Crippen LogP contribution is -2.60. The summed E-state index contributed by atoms with van der Waals surface area (Å²) in [6.45, 7) is 0.769. The van der Waals surface area contributed by atoms with Gasteiger partial charge in [0.1, 0.15) is 42.3 Å². The highest BCUT2D eigenvalue weighted by molar-refractivity contribution is 8.77. The predicted octanol–water partition coefficient (Wildman–Crippen LogP) is -2.09. The smallest absolute Gasteiger partial charge is 0.254 e. The number of carbonyl (C=O) groups excluding carboxylic acids is 9. The Bertz CT molecular complexity index is 2160. The van der Waals surface area contributed by atoms with Gasteiger partial charge < -0.3 is 70.8 Å². The maximum atomic E-state index is 14.4. The van der Waals surface area contributed by atoms with Gasteiger partial charge in [0, 0.05) is 49.2 Å². The molecule has 4 fully saturated rings. The van der Waals surface area contributed by atoms with Crippen molar-refractivity contribution in [1.82, 2.24) is 36.4 Å². The number of guanidine groups is 2. The van der Waals surface area contributed by atoms with Crippen LogP contribution in [0, 0.1) is 5.92 Å². The Morgan fingerprint density at radius 1 is 0.681 bits per heavy atom. The summed E-state index contributed by atoms with van der Waals surface area (Å²) in [4.78, 5) is 134. The van der Waals surface area contributed by atoms with Gasteiger partial charge in [-0.1, -0.05) is 71.9 Å². The topological polar surface area (TPSA) is 401 Å². The van der Waals surface area contributed by atoms with Crippen LogP contribution < -0.4 is 61.0 Å². The van der Waals surface area contributed by atoms with Crippen LogP contribution in [0.2, 0.25) is 0 Å². The molecule has 0 aromatic heterocycles. The first-order chi connectivity index (χ1) is 34.4. The Labute approximate surface area is 426 Å². The molecule has 3 saturated heterocycles. The van der Waals surface area contributed by atoms with E-state index in [0.29, 0.717) is 37.9 Å². The van der Waals surface area contributed by atoms with Crippen LogP contribution in [0.25, 0.3) is 0 Å². The fraction of sp³-hybridized carbons (Fsp3) is 0.630. The van der Waals surface area contributed by atoms with E-state index in [4.69, 9.17) is 34.4 Å². The molecule has 3 heterocycles. The fourth-order valence-electron chi connectivity index (χ4n) is 9.43. The lowest BCUT2D eigenvalue weighted by Gasteiger charge is -2.32. The van der Waals surface area contributed by atoms with Crippen LogP contribution in [0.3, 0.4) is 0 Å². The van der Waals surface area contributed by atoms with E-state index >= 15 is 0 Å². The van der Waals surface area contributed by atoms with Gasteiger partial charge in [-0.25, -0.2) is 0 Å². The molecular formula is C46H71N15O9S2. The molecular weight excluding hydrogens is 971 g/mol. The fourth-order valence-corrected chi connectivity index (χ4v) is 12.2. The Balaban J connectivity index is 1.36. The summed E-state index contributed by atoms with van der Waals surface area (Å²) in [6.07, 6.45) is 5.65. The molecule has 0 spiro atoms. The quantitative estimate of drug-likeness (QED) is 0.0217. The molecule has 26 heteroatoms. The minimum atomic E-state index is -1.46. The third-order valence-electron chi connectivity index (χ3n) is 13.2. The van der Waals surface area contributed by atoms with Gasteiger partial charge in [-0.3, -0.25) is 53.1 Å². The highest BCUT2D eigenvalue weighted by Crippen LogP contribution is 2.38. The summed E-state index contributed by atoms with van der Waals surface area (Å²) < 4.78 is 0. The van der Waals surface area contributed by atoms with Crippen molar-refractivity contribution in [3.63, 3.8) is 0 Å². The highest BCUT2D eigenvalue weighted by atomic mass is 33.1. The van der Waals surface area contributed by atoms with E-state index in [0.717, 1.165) is 32.1 Å². The molecule has 17 N–H and O–H groups in total. The lowest BCUT2D eigenvalue weighted by atomic mass is 9.84. The molecule has 0 radical (unpaired) electrons. The van der Waals surface area contributed by atoms with Crippen molar-refractivity contribution >= 4 is 86.7 Å². The number of hydrogen-bond acceptors (Lipinski definition) is 13. The third-order valence-corrected chi connectivity index (χ3v) is 16.0. The number of benzene rings is 1. The average Bonchev–Trinajstić information content (AvgIpc) is 4.03. The van der Waals surface area contributed by atoms with Gasteiger partial charge >= 0.3 is 0 Å². The van der Waals surface area contributed by atoms with Gasteiger partial charge in [0.25, 0.3) is 5.91 Å². The zero-order valence-corrected chi connectivity index (χ0v) is 42.1. The van der Waals surface area contributed by atoms with Crippen molar-refractivity contribution in [3.05, 3.63) is 35.9 Å². The molecule has 1 aromatic rings. The number of nitrogens with one attached hydrogen (secondary N) is 5. The van der Waals surface area contributed by atoms with Gasteiger partial charge in [0.2, 0.25) is 47.3 Å². The second-order valence-corrected chi connectivity index (χ2v) is 21.3. The summed E-state index contributed by atoms with van der Waals surface area (Å²) in [5.41, 5.74) is 33.7. The maximum absolute atomic E-state index is 14.4. The summed E-state index contributed by atoms with van der Waals surface area (Å²) in [7, 11) is 2.91. The first-order valence-electron chi connectivity index (χ1n) is 24.6. The van der Waals surface area contributed by atoms with Crippen LogP contribution in [-0.4, -0.2) is 154 Å². The van der Waals surface area contributed by atoms with Crippen molar-refractivity contribution < 1.29 is 43.2 Å². The van der Waals surface area contributed by atoms with Crippen LogP contribution in [-0.2, 0) is 38.4 Å². The maximum Gasteiger partial charge on any atom is 0.254 e. The number of fused-ring (bicyclic) bond motifs is 2. The molecule has 8 atom stereocenters. The summed E-state index contributed by atoms with van der Waals surface area (Å²) in [5.74, 6) is -6.05. The normalized spacial score (nSPS) is 21.6. The molecule has 9 amide bonds. The van der Waals surface area contributed by atoms with Crippen LogP contribution in [0.4, 0.5) is 0 Å². The molecule has 1 saturated carbocycles. The SMILES string of the molecule is NC(=O)CC[C@H](NC(=O)[C@@H](CCCN=C(N)N)NC(=O)[C@@H](CCCN=C(N)N)NC(=O)[C@@H]1CCCN1C(=O)c1ccccc1)C(=O)N[C@@H](CC1CCCCC1)C(=O)N[C@H]1CSS[C@H]2C[C@@H](C(N)=O)N(C2)C1=O. The molecule has 1 aromatic carbocycles. The highest BCUT2D eigenvalue weighted by Gasteiger charge is 2.44. The predicted molar refractivity (Wildman–Crippen MR) is 273 cm³/mol. The number of amides is 9. The number of likely N-dealkylation sites (tertiary alicyclic amines) is 1. The van der Waals surface area contributed by atoms with E-state index in [1.165, 1.54) is 31.4 Å². The minimum Gasteiger partial charge on any atom is -0.370 e. The van der Waals surface area contributed by atoms with Crippen molar-refractivity contribution in [3.8, 4) is 0 Å². The zero-order valence-electron chi connectivity index (χ0n) is 40.5. The molecule has 396 valence electrons.